The Morgan fingerprint density at radius 1 is 1.26 bits per heavy atom. The smallest absolute Gasteiger partial charge is 0.109 e. The standard InChI is InChI=1S/C22H25F2N6P/c1-14-8-20-21(27-12-14)18(11-25)22(29(20)16-4-2-3-5-16)19-7-6-17(13-26-19)30(31)28-15(9-23)10-24/h6-8,12-13,15-16,28H,2-5,9-10,31H2,1H3. The zero-order valence-electron chi connectivity index (χ0n) is 17.4. The second kappa shape index (κ2) is 9.25. The van der Waals surface area contributed by atoms with Gasteiger partial charge in [0.1, 0.15) is 30.5 Å². The quantitative estimate of drug-likeness (QED) is 0.420. The van der Waals surface area contributed by atoms with E-state index in [1.807, 2.05) is 19.1 Å². The lowest BCUT2D eigenvalue weighted by molar-refractivity contribution is 0.313. The van der Waals surface area contributed by atoms with Gasteiger partial charge in [-0.25, -0.2) is 14.2 Å². The molecule has 1 fully saturated rings. The van der Waals surface area contributed by atoms with Crippen molar-refractivity contribution in [3.63, 3.8) is 0 Å². The molecular weight excluding hydrogens is 417 g/mol. The molecule has 31 heavy (non-hydrogen) atoms. The first-order valence-corrected chi connectivity index (χ1v) is 10.9. The molecule has 0 radical (unpaired) electrons. The number of rotatable bonds is 7. The Bertz CT molecular complexity index is 1100. The summed E-state index contributed by atoms with van der Waals surface area (Å²) in [5.74, 6) is 0. The number of aromatic nitrogens is 3. The topological polar surface area (TPSA) is 69.8 Å². The lowest BCUT2D eigenvalue weighted by Gasteiger charge is -2.24. The largest absolute Gasteiger partial charge is 0.334 e. The molecule has 6 nitrogen and oxygen atoms in total. The predicted molar refractivity (Wildman–Crippen MR) is 121 cm³/mol. The molecule has 162 valence electrons. The molecule has 0 aromatic carbocycles. The Morgan fingerprint density at radius 3 is 2.61 bits per heavy atom. The van der Waals surface area contributed by atoms with E-state index in [1.54, 1.807) is 12.4 Å². The summed E-state index contributed by atoms with van der Waals surface area (Å²) in [5, 5.41) is 9.98. The minimum Gasteiger partial charge on any atom is -0.334 e. The van der Waals surface area contributed by atoms with Gasteiger partial charge < -0.3 is 4.57 Å². The Labute approximate surface area is 182 Å². The van der Waals surface area contributed by atoms with Crippen LogP contribution in [-0.2, 0) is 0 Å². The maximum atomic E-state index is 12.8. The van der Waals surface area contributed by atoms with E-state index in [0.717, 1.165) is 42.5 Å². The van der Waals surface area contributed by atoms with Crippen LogP contribution in [0.5, 0.6) is 0 Å². The van der Waals surface area contributed by atoms with Crippen molar-refractivity contribution >= 4 is 26.1 Å². The van der Waals surface area contributed by atoms with E-state index in [9.17, 15) is 14.0 Å². The zero-order valence-corrected chi connectivity index (χ0v) is 18.5. The summed E-state index contributed by atoms with van der Waals surface area (Å²) in [4.78, 5) is 9.17. The van der Waals surface area contributed by atoms with Crippen LogP contribution in [0.15, 0.2) is 30.6 Å². The summed E-state index contributed by atoms with van der Waals surface area (Å²) in [6.07, 6.45) is 7.85. The van der Waals surface area contributed by atoms with Gasteiger partial charge in [-0.05, 0) is 52.9 Å². The summed E-state index contributed by atoms with van der Waals surface area (Å²) in [6, 6.07) is 7.47. The average Bonchev–Trinajstić information content (AvgIpc) is 3.42. The number of hydrogen-bond donors (Lipinski definition) is 1. The van der Waals surface area contributed by atoms with E-state index < -0.39 is 19.4 Å². The van der Waals surface area contributed by atoms with Gasteiger partial charge in [-0.15, -0.1) is 0 Å². The number of nitriles is 1. The lowest BCUT2D eigenvalue weighted by Crippen LogP contribution is -2.41. The highest BCUT2D eigenvalue weighted by Crippen LogP contribution is 2.40. The van der Waals surface area contributed by atoms with Gasteiger partial charge in [-0.1, -0.05) is 12.8 Å². The minimum atomic E-state index is -0.915. The summed E-state index contributed by atoms with van der Waals surface area (Å²) < 4.78 is 29.4. The van der Waals surface area contributed by atoms with Crippen LogP contribution >= 0.6 is 9.39 Å². The number of nitrogens with one attached hydrogen (secondary N) is 1. The number of halogens is 2. The molecule has 1 saturated carbocycles. The normalized spacial score (nSPS) is 14.5. The molecular formula is C22H25F2N6P. The van der Waals surface area contributed by atoms with Gasteiger partial charge in [-0.3, -0.25) is 14.7 Å². The van der Waals surface area contributed by atoms with Gasteiger partial charge in [0, 0.05) is 12.2 Å². The number of nitrogens with zero attached hydrogens (tertiary/aromatic N) is 5. The Morgan fingerprint density at radius 2 is 2.00 bits per heavy atom. The van der Waals surface area contributed by atoms with Crippen molar-refractivity contribution in [2.45, 2.75) is 44.7 Å². The highest BCUT2D eigenvalue weighted by molar-refractivity contribution is 7.18. The van der Waals surface area contributed by atoms with Gasteiger partial charge in [0.25, 0.3) is 0 Å². The van der Waals surface area contributed by atoms with E-state index >= 15 is 0 Å². The Hall–Kier alpha value is -2.62. The van der Waals surface area contributed by atoms with Crippen molar-refractivity contribution < 1.29 is 8.78 Å². The SMILES string of the molecule is Cc1cnc2c(C#N)c(-c3ccc(N(P)NC(CF)CF)cn3)n(C3CCCC3)c2c1. The highest BCUT2D eigenvalue weighted by atomic mass is 31.0. The van der Waals surface area contributed by atoms with Crippen molar-refractivity contribution in [2.24, 2.45) is 0 Å². The molecule has 0 saturated heterocycles. The molecule has 3 heterocycles. The number of hydrazine groups is 1. The van der Waals surface area contributed by atoms with Crippen LogP contribution in [0.4, 0.5) is 14.5 Å². The third kappa shape index (κ3) is 4.13. The van der Waals surface area contributed by atoms with E-state index in [2.05, 4.69) is 41.5 Å². The first-order chi connectivity index (χ1) is 15.1. The molecule has 3 aromatic rings. The van der Waals surface area contributed by atoms with E-state index in [0.29, 0.717) is 28.5 Å². The van der Waals surface area contributed by atoms with Crippen LogP contribution in [0.25, 0.3) is 22.4 Å². The minimum absolute atomic E-state index is 0.305. The van der Waals surface area contributed by atoms with Gasteiger partial charge in [-0.2, -0.15) is 5.26 Å². The van der Waals surface area contributed by atoms with E-state index in [-0.39, 0.29) is 0 Å². The van der Waals surface area contributed by atoms with Crippen molar-refractivity contribution in [2.75, 3.05) is 18.1 Å². The maximum Gasteiger partial charge on any atom is 0.109 e. The number of aryl methyl sites for hydroxylation is 1. The fourth-order valence-corrected chi connectivity index (χ4v) is 4.60. The lowest BCUT2D eigenvalue weighted by atomic mass is 10.1. The second-order valence-electron chi connectivity index (χ2n) is 7.93. The molecule has 1 atom stereocenters. The summed E-state index contributed by atoms with van der Waals surface area (Å²) >= 11 is 0. The Kier molecular flexibility index (Phi) is 6.45. The zero-order chi connectivity index (χ0) is 22.0. The molecule has 1 aliphatic rings. The number of hydrogen-bond acceptors (Lipinski definition) is 5. The van der Waals surface area contributed by atoms with Crippen molar-refractivity contribution in [1.29, 1.82) is 5.26 Å². The molecule has 1 N–H and O–H groups in total. The highest BCUT2D eigenvalue weighted by Gasteiger charge is 2.27. The van der Waals surface area contributed by atoms with Crippen molar-refractivity contribution in [1.82, 2.24) is 20.0 Å². The van der Waals surface area contributed by atoms with Crippen LogP contribution in [0.1, 0.15) is 42.9 Å². The molecule has 0 spiro atoms. The van der Waals surface area contributed by atoms with Crippen LogP contribution in [0.2, 0.25) is 0 Å². The summed E-state index contributed by atoms with van der Waals surface area (Å²) in [6.45, 7) is 0.374. The van der Waals surface area contributed by atoms with Crippen LogP contribution in [-0.4, -0.2) is 33.9 Å². The molecule has 4 rings (SSSR count). The number of alkyl halides is 2. The summed E-state index contributed by atoms with van der Waals surface area (Å²) in [7, 11) is 2.39. The van der Waals surface area contributed by atoms with Gasteiger partial charge in [0.05, 0.1) is 34.8 Å². The van der Waals surface area contributed by atoms with Gasteiger partial charge in [0.15, 0.2) is 0 Å². The molecule has 0 amide bonds. The first-order valence-electron chi connectivity index (χ1n) is 10.4. The monoisotopic (exact) mass is 442 g/mol. The van der Waals surface area contributed by atoms with Crippen LogP contribution in [0, 0.1) is 18.3 Å². The third-order valence-corrected chi connectivity index (χ3v) is 6.19. The Balaban J connectivity index is 1.78. The predicted octanol–water partition coefficient (Wildman–Crippen LogP) is 4.80. The number of pyridine rings is 2. The van der Waals surface area contributed by atoms with E-state index in [4.69, 9.17) is 0 Å². The fourth-order valence-electron chi connectivity index (χ4n) is 4.23. The molecule has 9 heteroatoms. The summed E-state index contributed by atoms with van der Waals surface area (Å²) in [5.41, 5.74) is 8.06. The van der Waals surface area contributed by atoms with Gasteiger partial charge in [0.2, 0.25) is 0 Å². The van der Waals surface area contributed by atoms with Crippen LogP contribution in [0.3, 0.4) is 0 Å². The third-order valence-electron chi connectivity index (χ3n) is 5.74. The fraction of sp³-hybridized carbons (Fsp3) is 0.409. The molecule has 0 aliphatic heterocycles. The van der Waals surface area contributed by atoms with Crippen molar-refractivity contribution in [3.8, 4) is 17.5 Å². The molecule has 0 bridgehead atoms. The maximum absolute atomic E-state index is 12.8. The molecule has 1 aliphatic carbocycles. The number of anilines is 1. The van der Waals surface area contributed by atoms with Crippen molar-refractivity contribution in [3.05, 3.63) is 41.7 Å². The number of fused-ring (bicyclic) bond motifs is 1. The first kappa shape index (κ1) is 21.6. The average molecular weight is 442 g/mol. The van der Waals surface area contributed by atoms with Crippen LogP contribution < -0.4 is 10.2 Å². The molecule has 1 unspecified atom stereocenters. The molecule has 3 aromatic heterocycles. The second-order valence-corrected chi connectivity index (χ2v) is 8.45. The van der Waals surface area contributed by atoms with E-state index in [1.165, 1.54) is 4.78 Å². The van der Waals surface area contributed by atoms with Gasteiger partial charge >= 0.3 is 0 Å².